The fourth-order valence-corrected chi connectivity index (χ4v) is 2.54. The van der Waals surface area contributed by atoms with Crippen molar-refractivity contribution in [2.75, 3.05) is 0 Å². The first-order chi connectivity index (χ1) is 9.54. The van der Waals surface area contributed by atoms with Gasteiger partial charge in [0.05, 0.1) is 17.6 Å². The number of H-pyrrole nitrogens is 1. The number of aromatic nitrogens is 2. The zero-order valence-electron chi connectivity index (χ0n) is 10.2. The maximum atomic E-state index is 13.7. The van der Waals surface area contributed by atoms with Gasteiger partial charge in [-0.25, -0.2) is 8.78 Å². The maximum absolute atomic E-state index is 13.7. The molecule has 0 aliphatic heterocycles. The van der Waals surface area contributed by atoms with Crippen molar-refractivity contribution in [1.82, 2.24) is 9.55 Å². The summed E-state index contributed by atoms with van der Waals surface area (Å²) >= 11 is 11.2. The third kappa shape index (κ3) is 2.34. The molecule has 0 bridgehead atoms. The number of nitrogens with zero attached hydrogens (tertiary/aromatic N) is 1. The fourth-order valence-electron chi connectivity index (χ4n) is 2.10. The summed E-state index contributed by atoms with van der Waals surface area (Å²) in [5.74, 6) is -1.19. The molecular weight excluding hydrogens is 302 g/mol. The van der Waals surface area contributed by atoms with Crippen LogP contribution in [-0.2, 0) is 6.54 Å². The van der Waals surface area contributed by atoms with E-state index in [4.69, 9.17) is 23.8 Å². The summed E-state index contributed by atoms with van der Waals surface area (Å²) in [5, 5.41) is 0.569. The SMILES string of the molecule is Fc1ccc(Cn2c(=S)[nH]c3ccc(Cl)cc32)c(F)c1. The van der Waals surface area contributed by atoms with Gasteiger partial charge in [-0.15, -0.1) is 0 Å². The number of benzene rings is 2. The molecule has 1 heterocycles. The van der Waals surface area contributed by atoms with Crippen molar-refractivity contribution in [3.05, 3.63) is 63.4 Å². The highest BCUT2D eigenvalue weighted by molar-refractivity contribution is 7.71. The molecule has 20 heavy (non-hydrogen) atoms. The van der Waals surface area contributed by atoms with Gasteiger partial charge in [0.25, 0.3) is 0 Å². The molecule has 3 rings (SSSR count). The van der Waals surface area contributed by atoms with E-state index < -0.39 is 11.6 Å². The second-order valence-corrected chi connectivity index (χ2v) is 5.24. The molecule has 0 atom stereocenters. The summed E-state index contributed by atoms with van der Waals surface area (Å²) in [5.41, 5.74) is 1.97. The van der Waals surface area contributed by atoms with E-state index >= 15 is 0 Å². The van der Waals surface area contributed by atoms with Gasteiger partial charge in [0.2, 0.25) is 0 Å². The van der Waals surface area contributed by atoms with Crippen molar-refractivity contribution < 1.29 is 8.78 Å². The van der Waals surface area contributed by atoms with E-state index in [0.29, 0.717) is 15.4 Å². The van der Waals surface area contributed by atoms with Crippen molar-refractivity contribution in [3.8, 4) is 0 Å². The summed E-state index contributed by atoms with van der Waals surface area (Å²) in [6.45, 7) is 0.214. The first-order valence-electron chi connectivity index (χ1n) is 5.86. The van der Waals surface area contributed by atoms with Gasteiger partial charge in [0.1, 0.15) is 11.6 Å². The van der Waals surface area contributed by atoms with Gasteiger partial charge in [0.15, 0.2) is 4.77 Å². The van der Waals surface area contributed by atoms with Gasteiger partial charge in [-0.2, -0.15) is 0 Å². The summed E-state index contributed by atoms with van der Waals surface area (Å²) in [7, 11) is 0. The van der Waals surface area contributed by atoms with Gasteiger partial charge in [0, 0.05) is 16.7 Å². The summed E-state index contributed by atoms with van der Waals surface area (Å²) < 4.78 is 28.8. The van der Waals surface area contributed by atoms with Crippen LogP contribution in [0.2, 0.25) is 5.02 Å². The highest BCUT2D eigenvalue weighted by Gasteiger charge is 2.09. The van der Waals surface area contributed by atoms with E-state index in [0.717, 1.165) is 17.1 Å². The Labute approximate surface area is 123 Å². The molecule has 0 unspecified atom stereocenters. The number of hydrogen-bond acceptors (Lipinski definition) is 1. The molecule has 2 nitrogen and oxygen atoms in total. The lowest BCUT2D eigenvalue weighted by atomic mass is 10.2. The first kappa shape index (κ1) is 13.3. The minimum Gasteiger partial charge on any atom is -0.331 e. The normalized spacial score (nSPS) is 11.2. The van der Waals surface area contributed by atoms with Crippen molar-refractivity contribution in [3.63, 3.8) is 0 Å². The van der Waals surface area contributed by atoms with Crippen LogP contribution in [0, 0.1) is 16.4 Å². The summed E-state index contributed by atoms with van der Waals surface area (Å²) in [6, 6.07) is 8.81. The molecule has 0 saturated carbocycles. The summed E-state index contributed by atoms with van der Waals surface area (Å²) in [6.07, 6.45) is 0. The van der Waals surface area contributed by atoms with Gasteiger partial charge < -0.3 is 9.55 Å². The largest absolute Gasteiger partial charge is 0.331 e. The Hall–Kier alpha value is -1.72. The molecule has 0 aliphatic rings. The van der Waals surface area contributed by atoms with Crippen LogP contribution in [0.1, 0.15) is 5.56 Å². The molecule has 102 valence electrons. The topological polar surface area (TPSA) is 20.7 Å². The van der Waals surface area contributed by atoms with Crippen molar-refractivity contribution in [2.24, 2.45) is 0 Å². The zero-order chi connectivity index (χ0) is 14.3. The summed E-state index contributed by atoms with van der Waals surface area (Å²) in [4.78, 5) is 3.03. The number of halogens is 3. The molecule has 1 aromatic heterocycles. The highest BCUT2D eigenvalue weighted by atomic mass is 35.5. The minimum atomic E-state index is -0.600. The smallest absolute Gasteiger partial charge is 0.178 e. The van der Waals surface area contributed by atoms with Crippen LogP contribution in [0.4, 0.5) is 8.78 Å². The van der Waals surface area contributed by atoms with Crippen molar-refractivity contribution in [1.29, 1.82) is 0 Å². The molecule has 0 aliphatic carbocycles. The average Bonchev–Trinajstić information content (AvgIpc) is 2.69. The predicted octanol–water partition coefficient (Wildman–Crippen LogP) is 4.68. The Morgan fingerprint density at radius 3 is 2.70 bits per heavy atom. The predicted molar refractivity (Wildman–Crippen MR) is 77.6 cm³/mol. The lowest BCUT2D eigenvalue weighted by Crippen LogP contribution is -2.02. The quantitative estimate of drug-likeness (QED) is 0.682. The molecule has 0 radical (unpaired) electrons. The number of hydrogen-bond donors (Lipinski definition) is 1. The van der Waals surface area contributed by atoms with Crippen LogP contribution in [0.15, 0.2) is 36.4 Å². The van der Waals surface area contributed by atoms with Gasteiger partial charge in [-0.05, 0) is 36.5 Å². The van der Waals surface area contributed by atoms with E-state index in [2.05, 4.69) is 4.98 Å². The van der Waals surface area contributed by atoms with E-state index in [1.54, 1.807) is 16.7 Å². The number of rotatable bonds is 2. The fraction of sp³-hybridized carbons (Fsp3) is 0.0714. The van der Waals surface area contributed by atoms with Crippen molar-refractivity contribution >= 4 is 34.9 Å². The second-order valence-electron chi connectivity index (χ2n) is 4.41. The Bertz CT molecular complexity index is 854. The number of imidazole rings is 1. The molecule has 1 N–H and O–H groups in total. The van der Waals surface area contributed by atoms with Crippen LogP contribution in [-0.4, -0.2) is 9.55 Å². The number of aromatic amines is 1. The molecule has 0 saturated heterocycles. The van der Waals surface area contributed by atoms with Crippen molar-refractivity contribution in [2.45, 2.75) is 6.54 Å². The Balaban J connectivity index is 2.12. The third-order valence-corrected chi connectivity index (χ3v) is 3.64. The second kappa shape index (κ2) is 5.00. The van der Waals surface area contributed by atoms with E-state index in [9.17, 15) is 8.78 Å². The Morgan fingerprint density at radius 1 is 1.15 bits per heavy atom. The monoisotopic (exact) mass is 310 g/mol. The zero-order valence-corrected chi connectivity index (χ0v) is 11.7. The van der Waals surface area contributed by atoms with Crippen LogP contribution < -0.4 is 0 Å². The Kier molecular flexibility index (Phi) is 3.31. The van der Waals surface area contributed by atoms with E-state index in [1.807, 2.05) is 6.07 Å². The van der Waals surface area contributed by atoms with Gasteiger partial charge in [-0.1, -0.05) is 17.7 Å². The molecule has 0 spiro atoms. The molecule has 2 aromatic carbocycles. The van der Waals surface area contributed by atoms with Crippen LogP contribution in [0.25, 0.3) is 11.0 Å². The van der Waals surface area contributed by atoms with Gasteiger partial charge in [-0.3, -0.25) is 0 Å². The molecule has 0 fully saturated rings. The van der Waals surface area contributed by atoms with E-state index in [-0.39, 0.29) is 6.54 Å². The number of fused-ring (bicyclic) bond motifs is 1. The Morgan fingerprint density at radius 2 is 1.95 bits per heavy atom. The molecular formula is C14H9ClF2N2S. The first-order valence-corrected chi connectivity index (χ1v) is 6.65. The van der Waals surface area contributed by atoms with Crippen LogP contribution >= 0.6 is 23.8 Å². The number of nitrogens with one attached hydrogen (secondary N) is 1. The molecule has 3 aromatic rings. The van der Waals surface area contributed by atoms with Crippen LogP contribution in [0.3, 0.4) is 0 Å². The minimum absolute atomic E-state index is 0.214. The van der Waals surface area contributed by atoms with E-state index in [1.165, 1.54) is 12.1 Å². The van der Waals surface area contributed by atoms with Crippen LogP contribution in [0.5, 0.6) is 0 Å². The lowest BCUT2D eigenvalue weighted by Gasteiger charge is -2.06. The molecule has 6 heteroatoms. The third-order valence-electron chi connectivity index (χ3n) is 3.08. The standard InChI is InChI=1S/C14H9ClF2N2S/c15-9-2-4-12-13(5-9)19(14(20)18-12)7-8-1-3-10(16)6-11(8)17/h1-6H,7H2,(H,18,20). The average molecular weight is 311 g/mol. The molecule has 0 amide bonds. The lowest BCUT2D eigenvalue weighted by molar-refractivity contribution is 0.567. The maximum Gasteiger partial charge on any atom is 0.178 e. The van der Waals surface area contributed by atoms with Gasteiger partial charge >= 0.3 is 0 Å². The highest BCUT2D eigenvalue weighted by Crippen LogP contribution is 2.21.